The molecule has 0 spiro atoms. The van der Waals surface area contributed by atoms with Gasteiger partial charge in [0.2, 0.25) is 5.91 Å². The molecule has 1 atom stereocenters. The van der Waals surface area contributed by atoms with E-state index >= 15 is 0 Å². The molecule has 4 rings (SSSR count). The second kappa shape index (κ2) is 7.64. The van der Waals surface area contributed by atoms with Gasteiger partial charge < -0.3 is 10.2 Å². The highest BCUT2D eigenvalue weighted by molar-refractivity contribution is 6.04. The molecule has 0 aromatic heterocycles. The van der Waals surface area contributed by atoms with E-state index in [-0.39, 0.29) is 24.2 Å². The number of amides is 2. The minimum atomic E-state index is -0.740. The summed E-state index contributed by atoms with van der Waals surface area (Å²) in [5, 5.41) is 2.92. The summed E-state index contributed by atoms with van der Waals surface area (Å²) in [6.45, 7) is 0.537. The van der Waals surface area contributed by atoms with Crippen molar-refractivity contribution in [2.24, 2.45) is 0 Å². The van der Waals surface area contributed by atoms with Gasteiger partial charge in [-0.2, -0.15) is 0 Å². The first-order valence-corrected chi connectivity index (χ1v) is 9.09. The summed E-state index contributed by atoms with van der Waals surface area (Å²) in [7, 11) is 0. The van der Waals surface area contributed by atoms with E-state index in [2.05, 4.69) is 5.32 Å². The number of hydrogen-bond acceptors (Lipinski definition) is 2. The van der Waals surface area contributed by atoms with Crippen LogP contribution in [0.5, 0.6) is 0 Å². The monoisotopic (exact) mass is 374 g/mol. The fourth-order valence-corrected chi connectivity index (χ4v) is 3.53. The Hall–Kier alpha value is -3.47. The summed E-state index contributed by atoms with van der Waals surface area (Å²) < 4.78 is 13.6. The Morgan fingerprint density at radius 2 is 1.64 bits per heavy atom. The molecule has 3 aromatic rings. The number of rotatable bonds is 5. The van der Waals surface area contributed by atoms with Crippen LogP contribution in [-0.4, -0.2) is 16.7 Å². The number of nitrogens with zero attached hydrogens (tertiary/aromatic N) is 1. The van der Waals surface area contributed by atoms with Crippen molar-refractivity contribution in [1.29, 1.82) is 0 Å². The summed E-state index contributed by atoms with van der Waals surface area (Å²) in [6, 6.07) is 22.1. The van der Waals surface area contributed by atoms with Gasteiger partial charge in [0.25, 0.3) is 5.91 Å². The summed E-state index contributed by atoms with van der Waals surface area (Å²) >= 11 is 0. The van der Waals surface area contributed by atoms with E-state index in [1.54, 1.807) is 30.3 Å². The minimum Gasteiger partial charge on any atom is -0.350 e. The lowest BCUT2D eigenvalue weighted by Crippen LogP contribution is -2.38. The molecule has 2 amide bonds. The largest absolute Gasteiger partial charge is 0.350 e. The molecule has 1 unspecified atom stereocenters. The van der Waals surface area contributed by atoms with Gasteiger partial charge in [0.15, 0.2) is 0 Å². The molecule has 28 heavy (non-hydrogen) atoms. The van der Waals surface area contributed by atoms with Crippen LogP contribution in [-0.2, 0) is 17.9 Å². The maximum atomic E-state index is 13.6. The van der Waals surface area contributed by atoms with E-state index in [4.69, 9.17) is 0 Å². The first-order valence-electron chi connectivity index (χ1n) is 9.09. The van der Waals surface area contributed by atoms with Crippen molar-refractivity contribution < 1.29 is 14.0 Å². The van der Waals surface area contributed by atoms with Gasteiger partial charge in [0.1, 0.15) is 11.9 Å². The third kappa shape index (κ3) is 3.51. The van der Waals surface area contributed by atoms with Crippen LogP contribution >= 0.6 is 0 Å². The fraction of sp³-hybridized carbons (Fsp3) is 0.130. The molecule has 1 N–H and O–H groups in total. The maximum Gasteiger partial charge on any atom is 0.255 e. The van der Waals surface area contributed by atoms with Crippen molar-refractivity contribution in [3.05, 3.63) is 107 Å². The second-order valence-corrected chi connectivity index (χ2v) is 6.76. The minimum absolute atomic E-state index is 0.161. The summed E-state index contributed by atoms with van der Waals surface area (Å²) in [5.74, 6) is -0.843. The lowest BCUT2D eigenvalue weighted by Gasteiger charge is -2.25. The zero-order valence-electron chi connectivity index (χ0n) is 15.1. The molecule has 0 saturated carbocycles. The number of hydrogen-bond donors (Lipinski definition) is 1. The quantitative estimate of drug-likeness (QED) is 0.738. The molecule has 0 bridgehead atoms. The number of benzene rings is 3. The van der Waals surface area contributed by atoms with Crippen molar-refractivity contribution in [3.63, 3.8) is 0 Å². The number of nitrogens with one attached hydrogen (secondary N) is 1. The Labute approximate surface area is 162 Å². The Morgan fingerprint density at radius 3 is 2.43 bits per heavy atom. The third-order valence-electron chi connectivity index (χ3n) is 4.86. The first kappa shape index (κ1) is 17.9. The van der Waals surface area contributed by atoms with Gasteiger partial charge in [0, 0.05) is 18.7 Å². The topological polar surface area (TPSA) is 49.4 Å². The number of carbonyl (C=O) groups excluding carboxylic acids is 2. The van der Waals surface area contributed by atoms with E-state index in [0.717, 1.165) is 5.56 Å². The summed E-state index contributed by atoms with van der Waals surface area (Å²) in [4.78, 5) is 27.4. The highest BCUT2D eigenvalue weighted by Gasteiger charge is 2.40. The van der Waals surface area contributed by atoms with Crippen LogP contribution in [0.3, 0.4) is 0 Å². The van der Waals surface area contributed by atoms with Gasteiger partial charge in [-0.1, -0.05) is 60.7 Å². The normalized spacial score (nSPS) is 15.4. The zero-order chi connectivity index (χ0) is 19.5. The van der Waals surface area contributed by atoms with Crippen LogP contribution in [0.4, 0.5) is 4.39 Å². The highest BCUT2D eigenvalue weighted by Crippen LogP contribution is 2.35. The van der Waals surface area contributed by atoms with E-state index in [1.807, 2.05) is 36.4 Å². The van der Waals surface area contributed by atoms with Gasteiger partial charge in [-0.25, -0.2) is 4.39 Å². The molecular weight excluding hydrogens is 355 g/mol. The SMILES string of the molecule is O=C(NCc1ccccc1)C1c2ccccc2C(=O)N1Cc1cccc(F)c1. The number of carbonyl (C=O) groups is 2. The van der Waals surface area contributed by atoms with Gasteiger partial charge in [-0.05, 0) is 34.9 Å². The van der Waals surface area contributed by atoms with E-state index in [0.29, 0.717) is 23.2 Å². The van der Waals surface area contributed by atoms with Gasteiger partial charge in [0.05, 0.1) is 0 Å². The summed E-state index contributed by atoms with van der Waals surface area (Å²) in [5.41, 5.74) is 2.81. The Bertz CT molecular complexity index is 1020. The smallest absolute Gasteiger partial charge is 0.255 e. The standard InChI is InChI=1S/C23H19FN2O2/c24-18-10-6-9-17(13-18)15-26-21(19-11-4-5-12-20(19)23(26)28)22(27)25-14-16-7-2-1-3-8-16/h1-13,21H,14-15H2,(H,25,27). The van der Waals surface area contributed by atoms with Crippen molar-refractivity contribution in [2.45, 2.75) is 19.1 Å². The van der Waals surface area contributed by atoms with Crippen molar-refractivity contribution in [3.8, 4) is 0 Å². The number of halogens is 1. The fourth-order valence-electron chi connectivity index (χ4n) is 3.53. The predicted octanol–water partition coefficient (Wildman–Crippen LogP) is 3.84. The molecule has 5 heteroatoms. The molecule has 0 saturated heterocycles. The molecular formula is C23H19FN2O2. The Kier molecular flexibility index (Phi) is 4.89. The molecule has 1 aliphatic rings. The van der Waals surface area contributed by atoms with Crippen LogP contribution < -0.4 is 5.32 Å². The van der Waals surface area contributed by atoms with Crippen LogP contribution in [0, 0.1) is 5.82 Å². The van der Waals surface area contributed by atoms with Gasteiger partial charge in [-0.3, -0.25) is 9.59 Å². The molecule has 3 aromatic carbocycles. The molecule has 1 aliphatic heterocycles. The first-order chi connectivity index (χ1) is 13.6. The second-order valence-electron chi connectivity index (χ2n) is 6.76. The van der Waals surface area contributed by atoms with Crippen molar-refractivity contribution in [1.82, 2.24) is 10.2 Å². The van der Waals surface area contributed by atoms with Crippen LogP contribution in [0.25, 0.3) is 0 Å². The highest BCUT2D eigenvalue weighted by atomic mass is 19.1. The average molecular weight is 374 g/mol. The Balaban J connectivity index is 1.60. The van der Waals surface area contributed by atoms with Crippen LogP contribution in [0.2, 0.25) is 0 Å². The third-order valence-corrected chi connectivity index (χ3v) is 4.86. The molecule has 0 aliphatic carbocycles. The molecule has 0 radical (unpaired) electrons. The van der Waals surface area contributed by atoms with Crippen molar-refractivity contribution >= 4 is 11.8 Å². The van der Waals surface area contributed by atoms with Crippen LogP contribution in [0.1, 0.15) is 33.1 Å². The lowest BCUT2D eigenvalue weighted by atomic mass is 10.0. The Morgan fingerprint density at radius 1 is 0.929 bits per heavy atom. The predicted molar refractivity (Wildman–Crippen MR) is 104 cm³/mol. The molecule has 0 fully saturated rings. The van der Waals surface area contributed by atoms with E-state index < -0.39 is 6.04 Å². The lowest BCUT2D eigenvalue weighted by molar-refractivity contribution is -0.125. The average Bonchev–Trinajstić information content (AvgIpc) is 2.99. The molecule has 1 heterocycles. The molecule has 140 valence electrons. The van der Waals surface area contributed by atoms with Crippen molar-refractivity contribution in [2.75, 3.05) is 0 Å². The van der Waals surface area contributed by atoms with Gasteiger partial charge >= 0.3 is 0 Å². The summed E-state index contributed by atoms with van der Waals surface area (Å²) in [6.07, 6.45) is 0. The molecule has 4 nitrogen and oxygen atoms in total. The van der Waals surface area contributed by atoms with Crippen LogP contribution in [0.15, 0.2) is 78.9 Å². The van der Waals surface area contributed by atoms with E-state index in [9.17, 15) is 14.0 Å². The van der Waals surface area contributed by atoms with E-state index in [1.165, 1.54) is 17.0 Å². The zero-order valence-corrected chi connectivity index (χ0v) is 15.1. The number of fused-ring (bicyclic) bond motifs is 1. The van der Waals surface area contributed by atoms with Gasteiger partial charge in [-0.15, -0.1) is 0 Å². The maximum absolute atomic E-state index is 13.6.